The number of amides is 1. The summed E-state index contributed by atoms with van der Waals surface area (Å²) in [5, 5.41) is 14.5. The monoisotopic (exact) mass is 328 g/mol. The predicted octanol–water partition coefficient (Wildman–Crippen LogP) is 4.39. The number of rotatable bonds is 5. The Bertz CT molecular complexity index is 744. The summed E-state index contributed by atoms with van der Waals surface area (Å²) >= 11 is 0. The highest BCUT2D eigenvalue weighted by Crippen LogP contribution is 2.33. The van der Waals surface area contributed by atoms with Crippen molar-refractivity contribution < 1.29 is 14.3 Å². The number of phenols is 1. The SMILES string of the molecule is C/C(=N\NC(=O)c1cc(C(C)C)cc(C(C)C)c1O)c1ccco1. The lowest BCUT2D eigenvalue weighted by atomic mass is 9.92. The lowest BCUT2D eigenvalue weighted by molar-refractivity contribution is 0.0952. The molecule has 1 amide bonds. The molecule has 1 heterocycles. The average molecular weight is 328 g/mol. The van der Waals surface area contributed by atoms with Gasteiger partial charge in [0.1, 0.15) is 17.2 Å². The molecule has 0 unspecified atom stereocenters. The number of carbonyl (C=O) groups excluding carboxylic acids is 1. The largest absolute Gasteiger partial charge is 0.507 e. The second-order valence-corrected chi connectivity index (χ2v) is 6.43. The van der Waals surface area contributed by atoms with Gasteiger partial charge in [-0.15, -0.1) is 0 Å². The van der Waals surface area contributed by atoms with Crippen molar-refractivity contribution in [2.24, 2.45) is 5.10 Å². The fourth-order valence-corrected chi connectivity index (χ4v) is 2.36. The van der Waals surface area contributed by atoms with Crippen LogP contribution in [0.5, 0.6) is 5.75 Å². The Kier molecular flexibility index (Phi) is 5.44. The molecule has 0 fully saturated rings. The van der Waals surface area contributed by atoms with Gasteiger partial charge in [-0.05, 0) is 48.1 Å². The normalized spacial score (nSPS) is 12.0. The topological polar surface area (TPSA) is 74.8 Å². The Morgan fingerprint density at radius 2 is 1.92 bits per heavy atom. The predicted molar refractivity (Wildman–Crippen MR) is 94.7 cm³/mol. The molecule has 24 heavy (non-hydrogen) atoms. The number of carbonyl (C=O) groups is 1. The lowest BCUT2D eigenvalue weighted by Gasteiger charge is -2.16. The molecule has 2 N–H and O–H groups in total. The molecule has 0 aliphatic carbocycles. The van der Waals surface area contributed by atoms with Gasteiger partial charge in [0.25, 0.3) is 5.91 Å². The van der Waals surface area contributed by atoms with Crippen molar-refractivity contribution in [1.82, 2.24) is 5.43 Å². The van der Waals surface area contributed by atoms with E-state index in [4.69, 9.17) is 4.42 Å². The van der Waals surface area contributed by atoms with Gasteiger partial charge >= 0.3 is 0 Å². The third-order valence-corrected chi connectivity index (χ3v) is 3.90. The molecule has 0 atom stereocenters. The van der Waals surface area contributed by atoms with Gasteiger partial charge in [-0.1, -0.05) is 33.8 Å². The highest BCUT2D eigenvalue weighted by Gasteiger charge is 2.19. The molecule has 0 bridgehead atoms. The molecule has 1 aromatic heterocycles. The smallest absolute Gasteiger partial charge is 0.275 e. The number of hydrazone groups is 1. The van der Waals surface area contributed by atoms with E-state index in [-0.39, 0.29) is 23.1 Å². The summed E-state index contributed by atoms with van der Waals surface area (Å²) in [6.07, 6.45) is 1.54. The van der Waals surface area contributed by atoms with E-state index in [9.17, 15) is 9.90 Å². The molecule has 0 saturated heterocycles. The quantitative estimate of drug-likeness (QED) is 0.631. The molecule has 0 saturated carbocycles. The Labute approximate surface area is 142 Å². The second kappa shape index (κ2) is 7.34. The molecule has 2 aromatic rings. The van der Waals surface area contributed by atoms with Crippen molar-refractivity contribution in [2.45, 2.75) is 46.5 Å². The number of aromatic hydroxyl groups is 1. The van der Waals surface area contributed by atoms with Crippen LogP contribution in [0.3, 0.4) is 0 Å². The molecule has 0 radical (unpaired) electrons. The summed E-state index contributed by atoms with van der Waals surface area (Å²) in [5.74, 6) is 0.519. The first-order chi connectivity index (χ1) is 11.3. The first kappa shape index (κ1) is 17.8. The Morgan fingerprint density at radius 1 is 1.21 bits per heavy atom. The minimum Gasteiger partial charge on any atom is -0.507 e. The number of nitrogens with zero attached hydrogens (tertiary/aromatic N) is 1. The molecule has 5 heteroatoms. The van der Waals surface area contributed by atoms with E-state index in [1.54, 1.807) is 31.4 Å². The van der Waals surface area contributed by atoms with E-state index in [0.29, 0.717) is 11.5 Å². The van der Waals surface area contributed by atoms with Crippen molar-refractivity contribution in [2.75, 3.05) is 0 Å². The fourth-order valence-electron chi connectivity index (χ4n) is 2.36. The highest BCUT2D eigenvalue weighted by molar-refractivity contribution is 6.00. The van der Waals surface area contributed by atoms with E-state index in [0.717, 1.165) is 11.1 Å². The Hall–Kier alpha value is -2.56. The zero-order chi connectivity index (χ0) is 17.9. The Balaban J connectivity index is 2.33. The third kappa shape index (κ3) is 3.85. The lowest BCUT2D eigenvalue weighted by Crippen LogP contribution is -2.20. The van der Waals surface area contributed by atoms with Crippen LogP contribution < -0.4 is 5.43 Å². The minimum absolute atomic E-state index is 0.0118. The maximum absolute atomic E-state index is 12.5. The number of benzene rings is 1. The molecular formula is C19H24N2O3. The van der Waals surface area contributed by atoms with Gasteiger partial charge in [-0.3, -0.25) is 4.79 Å². The van der Waals surface area contributed by atoms with Crippen LogP contribution in [0.2, 0.25) is 0 Å². The zero-order valence-corrected chi connectivity index (χ0v) is 14.8. The summed E-state index contributed by atoms with van der Waals surface area (Å²) in [6, 6.07) is 7.19. The Morgan fingerprint density at radius 3 is 2.46 bits per heavy atom. The molecule has 5 nitrogen and oxygen atoms in total. The van der Waals surface area contributed by atoms with Crippen LogP contribution in [0.25, 0.3) is 0 Å². The molecule has 2 rings (SSSR count). The highest BCUT2D eigenvalue weighted by atomic mass is 16.3. The van der Waals surface area contributed by atoms with Crippen LogP contribution in [0.15, 0.2) is 40.0 Å². The number of hydrogen-bond acceptors (Lipinski definition) is 4. The van der Waals surface area contributed by atoms with Gasteiger partial charge in [0, 0.05) is 0 Å². The van der Waals surface area contributed by atoms with Crippen LogP contribution in [0.4, 0.5) is 0 Å². The number of phenolic OH excluding ortho intramolecular Hbond substituents is 1. The second-order valence-electron chi connectivity index (χ2n) is 6.43. The van der Waals surface area contributed by atoms with Crippen LogP contribution in [-0.4, -0.2) is 16.7 Å². The van der Waals surface area contributed by atoms with E-state index in [1.165, 1.54) is 0 Å². The number of furan rings is 1. The maximum atomic E-state index is 12.5. The maximum Gasteiger partial charge on any atom is 0.275 e. The van der Waals surface area contributed by atoms with Gasteiger partial charge in [0.15, 0.2) is 0 Å². The van der Waals surface area contributed by atoms with Gasteiger partial charge in [0.2, 0.25) is 0 Å². The van der Waals surface area contributed by atoms with Gasteiger partial charge < -0.3 is 9.52 Å². The van der Waals surface area contributed by atoms with Gasteiger partial charge in [-0.25, -0.2) is 5.43 Å². The van der Waals surface area contributed by atoms with Crippen LogP contribution in [0, 0.1) is 0 Å². The first-order valence-electron chi connectivity index (χ1n) is 8.06. The van der Waals surface area contributed by atoms with E-state index < -0.39 is 5.91 Å². The first-order valence-corrected chi connectivity index (χ1v) is 8.06. The van der Waals surface area contributed by atoms with Crippen molar-refractivity contribution in [3.8, 4) is 5.75 Å². The molecule has 1 aromatic carbocycles. The van der Waals surface area contributed by atoms with E-state index in [1.807, 2.05) is 19.9 Å². The van der Waals surface area contributed by atoms with Gasteiger partial charge in [0.05, 0.1) is 11.8 Å². The van der Waals surface area contributed by atoms with Gasteiger partial charge in [-0.2, -0.15) is 5.10 Å². The average Bonchev–Trinajstić information content (AvgIpc) is 3.06. The van der Waals surface area contributed by atoms with E-state index >= 15 is 0 Å². The molecule has 0 spiro atoms. The van der Waals surface area contributed by atoms with Crippen molar-refractivity contribution in [1.29, 1.82) is 0 Å². The summed E-state index contributed by atoms with van der Waals surface area (Å²) in [6.45, 7) is 9.82. The molecule has 128 valence electrons. The summed E-state index contributed by atoms with van der Waals surface area (Å²) < 4.78 is 5.23. The van der Waals surface area contributed by atoms with E-state index in [2.05, 4.69) is 24.4 Å². The summed E-state index contributed by atoms with van der Waals surface area (Å²) in [7, 11) is 0. The number of nitrogens with one attached hydrogen (secondary N) is 1. The third-order valence-electron chi connectivity index (χ3n) is 3.90. The fraction of sp³-hybridized carbons (Fsp3) is 0.368. The van der Waals surface area contributed by atoms with Crippen molar-refractivity contribution in [3.63, 3.8) is 0 Å². The molecule has 0 aliphatic rings. The zero-order valence-electron chi connectivity index (χ0n) is 14.8. The minimum atomic E-state index is -0.442. The standard InChI is InChI=1S/C19H24N2O3/c1-11(2)14-9-15(12(3)4)18(22)16(10-14)19(23)21-20-13(5)17-7-6-8-24-17/h6-12,22H,1-5H3,(H,21,23)/b20-13+. The number of hydrogen-bond donors (Lipinski definition) is 2. The molecular weight excluding hydrogens is 304 g/mol. The molecule has 0 aliphatic heterocycles. The summed E-state index contributed by atoms with van der Waals surface area (Å²) in [5.41, 5.74) is 5.05. The van der Waals surface area contributed by atoms with Crippen LogP contribution in [0.1, 0.15) is 73.7 Å². The summed E-state index contributed by atoms with van der Waals surface area (Å²) in [4.78, 5) is 12.5. The van der Waals surface area contributed by atoms with Crippen molar-refractivity contribution in [3.05, 3.63) is 53.0 Å². The van der Waals surface area contributed by atoms with Crippen LogP contribution >= 0.6 is 0 Å². The van der Waals surface area contributed by atoms with Crippen molar-refractivity contribution >= 4 is 11.6 Å². The van der Waals surface area contributed by atoms with Crippen LogP contribution in [-0.2, 0) is 0 Å².